The molecule has 0 saturated carbocycles. The van der Waals surface area contributed by atoms with Gasteiger partial charge in [0.15, 0.2) is 0 Å². The van der Waals surface area contributed by atoms with Crippen molar-refractivity contribution in [2.24, 2.45) is 11.8 Å². The Hall–Kier alpha value is -3.67. The summed E-state index contributed by atoms with van der Waals surface area (Å²) in [5, 5.41) is 1.10. The molecule has 0 aliphatic carbocycles. The van der Waals surface area contributed by atoms with E-state index in [1.807, 2.05) is 19.4 Å². The van der Waals surface area contributed by atoms with Gasteiger partial charge in [-0.25, -0.2) is 0 Å². The standard InChI is InChI=1S/C43H55N2O3/c1-10-31-27-45(26-30-22-36(42(2,3)4)41(47-9)37(23-30)43(5,6)7)21-19-32(31)24-39(45)40(48-28-29-14-12-11-13-15-29)34-18-20-44-38-17-16-33(46-8)25-35(34)38/h10-18,20,22-23,25,31-32,39-40H,1,19,21,24,26-28H2,2-9H3/q+1/t31-,32-,39+,40-,45+/m0/s1. The summed E-state index contributed by atoms with van der Waals surface area (Å²) in [5.41, 5.74) is 7.16. The first-order chi connectivity index (χ1) is 22.9. The molecule has 4 heterocycles. The van der Waals surface area contributed by atoms with Gasteiger partial charge < -0.3 is 18.7 Å². The Labute approximate surface area is 288 Å². The van der Waals surface area contributed by atoms with Crippen molar-refractivity contribution in [2.75, 3.05) is 27.3 Å². The van der Waals surface area contributed by atoms with Gasteiger partial charge in [-0.15, -0.1) is 6.58 Å². The molecule has 3 aliphatic heterocycles. The van der Waals surface area contributed by atoms with Gasteiger partial charge in [-0.05, 0) is 64.3 Å². The van der Waals surface area contributed by atoms with Crippen LogP contribution >= 0.6 is 0 Å². The van der Waals surface area contributed by atoms with Gasteiger partial charge in [0.25, 0.3) is 0 Å². The number of nitrogens with zero attached hydrogens (tertiary/aromatic N) is 2. The maximum Gasteiger partial charge on any atom is 0.135 e. The molecule has 0 spiro atoms. The Balaban J connectivity index is 1.51. The second-order valence-electron chi connectivity index (χ2n) is 16.3. The van der Waals surface area contributed by atoms with E-state index < -0.39 is 0 Å². The lowest BCUT2D eigenvalue weighted by molar-refractivity contribution is -0.985. The number of aromatic nitrogens is 1. The molecule has 48 heavy (non-hydrogen) atoms. The summed E-state index contributed by atoms with van der Waals surface area (Å²) in [6, 6.07) is 24.1. The first-order valence-electron chi connectivity index (χ1n) is 17.7. The van der Waals surface area contributed by atoms with Crippen LogP contribution in [0.4, 0.5) is 0 Å². The minimum Gasteiger partial charge on any atom is -0.497 e. The van der Waals surface area contributed by atoms with Gasteiger partial charge in [-0.3, -0.25) is 4.98 Å². The van der Waals surface area contributed by atoms with Gasteiger partial charge in [-0.2, -0.15) is 0 Å². The molecular formula is C43H55N2O3+. The van der Waals surface area contributed by atoms with Crippen LogP contribution in [0.15, 0.2) is 85.6 Å². The van der Waals surface area contributed by atoms with Crippen LogP contribution in [0, 0.1) is 11.8 Å². The largest absolute Gasteiger partial charge is 0.497 e. The van der Waals surface area contributed by atoms with E-state index in [9.17, 15) is 0 Å². The van der Waals surface area contributed by atoms with Crippen molar-refractivity contribution >= 4 is 10.9 Å². The third kappa shape index (κ3) is 6.64. The molecule has 3 fully saturated rings. The lowest BCUT2D eigenvalue weighted by atomic mass is 9.70. The van der Waals surface area contributed by atoms with E-state index in [4.69, 9.17) is 19.2 Å². The smallest absolute Gasteiger partial charge is 0.135 e. The van der Waals surface area contributed by atoms with Crippen LogP contribution in [0.2, 0.25) is 0 Å². The van der Waals surface area contributed by atoms with E-state index in [1.54, 1.807) is 7.11 Å². The van der Waals surface area contributed by atoms with Gasteiger partial charge >= 0.3 is 0 Å². The van der Waals surface area contributed by atoms with Gasteiger partial charge in [0.2, 0.25) is 0 Å². The summed E-state index contributed by atoms with van der Waals surface area (Å²) >= 11 is 0. The number of pyridine rings is 1. The predicted molar refractivity (Wildman–Crippen MR) is 197 cm³/mol. The van der Waals surface area contributed by atoms with Gasteiger partial charge in [0, 0.05) is 47.0 Å². The molecular weight excluding hydrogens is 592 g/mol. The highest BCUT2D eigenvalue weighted by Crippen LogP contribution is 2.50. The molecule has 4 aromatic rings. The number of hydrogen-bond donors (Lipinski definition) is 0. The van der Waals surface area contributed by atoms with Crippen LogP contribution in [0.1, 0.15) is 88.3 Å². The maximum absolute atomic E-state index is 7.18. The molecule has 0 N–H and O–H groups in total. The van der Waals surface area contributed by atoms with Crippen LogP contribution in [0.3, 0.4) is 0 Å². The number of rotatable bonds is 10. The second kappa shape index (κ2) is 13.3. The van der Waals surface area contributed by atoms with E-state index in [0.29, 0.717) is 18.4 Å². The topological polar surface area (TPSA) is 40.6 Å². The molecule has 2 bridgehead atoms. The number of fused-ring (bicyclic) bond motifs is 4. The quantitative estimate of drug-likeness (QED) is 0.127. The second-order valence-corrected chi connectivity index (χ2v) is 16.3. The summed E-state index contributed by atoms with van der Waals surface area (Å²) in [5.74, 6) is 2.95. The van der Waals surface area contributed by atoms with E-state index in [0.717, 1.165) is 52.9 Å². The van der Waals surface area contributed by atoms with E-state index in [2.05, 4.69) is 115 Å². The van der Waals surface area contributed by atoms with E-state index >= 15 is 0 Å². The average Bonchev–Trinajstić information content (AvgIpc) is 3.07. The number of piperidine rings is 3. The van der Waals surface area contributed by atoms with Crippen molar-refractivity contribution in [1.82, 2.24) is 4.98 Å². The Morgan fingerprint density at radius 2 is 1.60 bits per heavy atom. The van der Waals surface area contributed by atoms with Crippen LogP contribution in [-0.2, 0) is 28.7 Å². The molecule has 0 radical (unpaired) electrons. The molecule has 7 rings (SSSR count). The van der Waals surface area contributed by atoms with Crippen molar-refractivity contribution in [1.29, 1.82) is 0 Å². The van der Waals surface area contributed by atoms with Crippen LogP contribution in [0.5, 0.6) is 11.5 Å². The number of quaternary nitrogens is 1. The van der Waals surface area contributed by atoms with Crippen LogP contribution < -0.4 is 9.47 Å². The SMILES string of the molecule is C=C[C@H]1C[N@+]2(Cc3cc(C(C)(C)C)c(OC)c(C(C)(C)C)c3)CC[C@H]1C[C@@H]2[C@@H](OCc1ccccc1)c1ccnc2ccc(OC)cc12. The molecule has 0 amide bonds. The molecule has 5 nitrogen and oxygen atoms in total. The van der Waals surface area contributed by atoms with Gasteiger partial charge in [0.05, 0.1) is 39.4 Å². The third-order valence-corrected chi connectivity index (χ3v) is 11.1. The highest BCUT2D eigenvalue weighted by atomic mass is 16.5. The number of hydrogen-bond acceptors (Lipinski definition) is 4. The van der Waals surface area contributed by atoms with Crippen LogP contribution in [0.25, 0.3) is 10.9 Å². The summed E-state index contributed by atoms with van der Waals surface area (Å²) in [6.45, 7) is 21.8. The average molecular weight is 648 g/mol. The Morgan fingerprint density at radius 3 is 2.23 bits per heavy atom. The van der Waals surface area contributed by atoms with Crippen molar-refractivity contribution in [3.63, 3.8) is 0 Å². The molecule has 1 aromatic heterocycles. The van der Waals surface area contributed by atoms with Crippen molar-refractivity contribution in [2.45, 2.75) is 90.5 Å². The zero-order valence-corrected chi connectivity index (χ0v) is 30.4. The molecule has 0 unspecified atom stereocenters. The summed E-state index contributed by atoms with van der Waals surface area (Å²) in [7, 11) is 3.55. The summed E-state index contributed by atoms with van der Waals surface area (Å²) < 4.78 is 20.0. The zero-order chi connectivity index (χ0) is 34.3. The minimum atomic E-state index is -0.126. The fourth-order valence-electron chi connectivity index (χ4n) is 8.53. The number of methoxy groups -OCH3 is 2. The molecule has 5 atom stereocenters. The van der Waals surface area contributed by atoms with Crippen LogP contribution in [-0.4, -0.2) is 42.8 Å². The monoisotopic (exact) mass is 647 g/mol. The fraction of sp³-hybridized carbons (Fsp3) is 0.465. The number of benzene rings is 3. The molecule has 254 valence electrons. The van der Waals surface area contributed by atoms with Gasteiger partial charge in [0.1, 0.15) is 30.2 Å². The minimum absolute atomic E-state index is 0.0599. The molecule has 3 aliphatic rings. The van der Waals surface area contributed by atoms with E-state index in [-0.39, 0.29) is 23.0 Å². The Kier molecular flexibility index (Phi) is 9.50. The number of ether oxygens (including phenoxy) is 3. The summed E-state index contributed by atoms with van der Waals surface area (Å²) in [6.07, 6.45) is 6.36. The highest BCUT2D eigenvalue weighted by molar-refractivity contribution is 5.84. The fourth-order valence-corrected chi connectivity index (χ4v) is 8.53. The molecule has 3 saturated heterocycles. The van der Waals surface area contributed by atoms with E-state index in [1.165, 1.54) is 34.2 Å². The summed E-state index contributed by atoms with van der Waals surface area (Å²) in [4.78, 5) is 4.76. The maximum atomic E-state index is 7.18. The first kappa shape index (κ1) is 34.2. The Bertz CT molecular complexity index is 1720. The first-order valence-corrected chi connectivity index (χ1v) is 17.7. The zero-order valence-electron chi connectivity index (χ0n) is 30.4. The lowest BCUT2D eigenvalue weighted by Crippen LogP contribution is -2.67. The predicted octanol–water partition coefficient (Wildman–Crippen LogP) is 9.72. The molecule has 3 aromatic carbocycles. The van der Waals surface area contributed by atoms with Gasteiger partial charge in [-0.1, -0.05) is 78.0 Å². The highest BCUT2D eigenvalue weighted by Gasteiger charge is 2.55. The van der Waals surface area contributed by atoms with Crippen molar-refractivity contribution in [3.05, 3.63) is 113 Å². The Morgan fingerprint density at radius 1 is 0.896 bits per heavy atom. The van der Waals surface area contributed by atoms with Crippen molar-refractivity contribution < 1.29 is 18.7 Å². The third-order valence-electron chi connectivity index (χ3n) is 11.1. The van der Waals surface area contributed by atoms with Crippen molar-refractivity contribution in [3.8, 4) is 11.5 Å². The molecule has 5 heteroatoms. The lowest BCUT2D eigenvalue weighted by Gasteiger charge is -2.58. The normalized spacial score (nSPS) is 23.2.